The molecule has 0 amide bonds. The lowest BCUT2D eigenvalue weighted by molar-refractivity contribution is 0.306. The van der Waals surface area contributed by atoms with Crippen LogP contribution in [-0.4, -0.2) is 11.0 Å². The minimum absolute atomic E-state index is 0.239. The molecule has 1 heterocycles. The predicted molar refractivity (Wildman–Crippen MR) is 73.0 cm³/mol. The number of thiol groups is 1. The number of hydrogen-bond acceptors (Lipinski definition) is 3. The summed E-state index contributed by atoms with van der Waals surface area (Å²) in [5, 5.41) is 10.2. The van der Waals surface area contributed by atoms with Gasteiger partial charge in [-0.15, -0.1) is 4.73 Å². The second-order valence-electron chi connectivity index (χ2n) is 3.85. The quantitative estimate of drug-likeness (QED) is 0.642. The van der Waals surface area contributed by atoms with Crippen LogP contribution in [0.15, 0.2) is 18.2 Å². The molecular formula is C12H12ClN2O2S+. The topological polar surface area (TPSA) is 55.0 Å². The Balaban J connectivity index is 2.79. The van der Waals surface area contributed by atoms with E-state index in [1.165, 1.54) is 11.0 Å². The van der Waals surface area contributed by atoms with Crippen LogP contribution in [0.3, 0.4) is 0 Å². The molecule has 2 aromatic rings. The second kappa shape index (κ2) is 5.01. The van der Waals surface area contributed by atoms with E-state index in [4.69, 9.17) is 21.1 Å². The summed E-state index contributed by atoms with van der Waals surface area (Å²) in [6, 6.07) is 7.50. The van der Waals surface area contributed by atoms with Gasteiger partial charge in [-0.2, -0.15) is 9.55 Å². The second-order valence-corrected chi connectivity index (χ2v) is 5.30. The van der Waals surface area contributed by atoms with Crippen molar-refractivity contribution >= 4 is 33.6 Å². The molecule has 1 unspecified atom stereocenters. The van der Waals surface area contributed by atoms with Crippen LogP contribution in [0.1, 0.15) is 11.3 Å². The summed E-state index contributed by atoms with van der Waals surface area (Å²) in [6.45, 7) is 1.82. The standard InChI is InChI=1S/C12H11ClN2O2S/c1-8-9(6-7-14)12-10(13)4-3-5-11(12)15(8)17-18(2)16/h3-5H,6H2,1-2H3/p+1. The van der Waals surface area contributed by atoms with E-state index < -0.39 is 11.1 Å². The number of aromatic nitrogens is 1. The van der Waals surface area contributed by atoms with Crippen molar-refractivity contribution in [1.82, 2.24) is 4.73 Å². The first-order valence-electron chi connectivity index (χ1n) is 5.31. The largest absolute Gasteiger partial charge is 0.271 e. The van der Waals surface area contributed by atoms with Crippen molar-refractivity contribution in [3.8, 4) is 6.07 Å². The Hall–Kier alpha value is -1.51. The van der Waals surface area contributed by atoms with Crippen molar-refractivity contribution in [3.05, 3.63) is 34.5 Å². The van der Waals surface area contributed by atoms with Gasteiger partial charge in [0.1, 0.15) is 6.26 Å². The highest BCUT2D eigenvalue weighted by Gasteiger charge is 2.19. The number of halogens is 1. The molecule has 2 rings (SSSR count). The molecular weight excluding hydrogens is 272 g/mol. The first-order valence-corrected chi connectivity index (χ1v) is 7.31. The smallest absolute Gasteiger partial charge is 0.198 e. The number of rotatable bonds is 3. The first-order chi connectivity index (χ1) is 8.56. The highest BCUT2D eigenvalue weighted by atomic mass is 35.5. The molecule has 0 aliphatic heterocycles. The van der Waals surface area contributed by atoms with Gasteiger partial charge in [0.15, 0.2) is 0 Å². The van der Waals surface area contributed by atoms with Gasteiger partial charge in [-0.1, -0.05) is 21.9 Å². The van der Waals surface area contributed by atoms with Gasteiger partial charge in [0.05, 0.1) is 28.7 Å². The minimum Gasteiger partial charge on any atom is -0.198 e. The zero-order chi connectivity index (χ0) is 13.3. The fourth-order valence-electron chi connectivity index (χ4n) is 1.98. The van der Waals surface area contributed by atoms with Gasteiger partial charge < -0.3 is 0 Å². The first kappa shape index (κ1) is 12.9. The molecule has 1 aromatic heterocycles. The molecule has 4 nitrogen and oxygen atoms in total. The molecule has 0 saturated heterocycles. The molecule has 1 aromatic carbocycles. The zero-order valence-corrected chi connectivity index (χ0v) is 11.6. The molecule has 0 aliphatic rings. The molecule has 6 heteroatoms. The average Bonchev–Trinajstić information content (AvgIpc) is 2.56. The Bertz CT molecular complexity index is 673. The highest BCUT2D eigenvalue weighted by Crippen LogP contribution is 2.31. The van der Waals surface area contributed by atoms with Crippen molar-refractivity contribution in [2.45, 2.75) is 13.3 Å². The molecule has 0 saturated carbocycles. The Morgan fingerprint density at radius 3 is 2.89 bits per heavy atom. The molecule has 1 atom stereocenters. The minimum atomic E-state index is -1.78. The van der Waals surface area contributed by atoms with Crippen molar-refractivity contribution in [3.63, 3.8) is 0 Å². The van der Waals surface area contributed by atoms with E-state index in [0.717, 1.165) is 22.2 Å². The molecule has 94 valence electrons. The molecule has 0 spiro atoms. The maximum Gasteiger partial charge on any atom is 0.271 e. The van der Waals surface area contributed by atoms with E-state index in [-0.39, 0.29) is 6.42 Å². The van der Waals surface area contributed by atoms with Crippen LogP contribution in [0.25, 0.3) is 10.9 Å². The van der Waals surface area contributed by atoms with Crippen LogP contribution in [0.5, 0.6) is 0 Å². The van der Waals surface area contributed by atoms with E-state index in [9.17, 15) is 4.21 Å². The molecule has 0 N–H and O–H groups in total. The SMILES string of the molecule is Cc1c(CC#N)c2c(Cl)cccc2n1O[SH+](C)=O. The summed E-state index contributed by atoms with van der Waals surface area (Å²) in [5.74, 6) is 0. The average molecular weight is 284 g/mol. The van der Waals surface area contributed by atoms with Crippen molar-refractivity contribution < 1.29 is 8.49 Å². The van der Waals surface area contributed by atoms with Crippen LogP contribution in [0.2, 0.25) is 5.02 Å². The summed E-state index contributed by atoms with van der Waals surface area (Å²) in [4.78, 5) is 0. The van der Waals surface area contributed by atoms with Crippen LogP contribution >= 0.6 is 11.6 Å². The third-order valence-corrected chi connectivity index (χ3v) is 3.41. The third kappa shape index (κ3) is 2.09. The number of fused-ring (bicyclic) bond motifs is 1. The molecule has 18 heavy (non-hydrogen) atoms. The van der Waals surface area contributed by atoms with Gasteiger partial charge in [0.25, 0.3) is 11.1 Å². The Labute approximate surface area is 112 Å². The summed E-state index contributed by atoms with van der Waals surface area (Å²) < 4.78 is 18.1. The van der Waals surface area contributed by atoms with E-state index >= 15 is 0 Å². The lowest BCUT2D eigenvalue weighted by Crippen LogP contribution is -2.13. The lowest BCUT2D eigenvalue weighted by atomic mass is 10.1. The Morgan fingerprint density at radius 2 is 2.28 bits per heavy atom. The van der Waals surface area contributed by atoms with Crippen molar-refractivity contribution in [1.29, 1.82) is 5.26 Å². The molecule has 0 fully saturated rings. The van der Waals surface area contributed by atoms with E-state index in [2.05, 4.69) is 6.07 Å². The zero-order valence-electron chi connectivity index (χ0n) is 9.98. The van der Waals surface area contributed by atoms with Crippen LogP contribution in [0, 0.1) is 18.3 Å². The number of benzene rings is 1. The summed E-state index contributed by atoms with van der Waals surface area (Å²) in [7, 11) is 0. The van der Waals surface area contributed by atoms with Crippen molar-refractivity contribution in [2.24, 2.45) is 0 Å². The maximum atomic E-state index is 11.3. The number of hydrogen-bond donors (Lipinski definition) is 0. The summed E-state index contributed by atoms with van der Waals surface area (Å²) in [6.07, 6.45) is 1.72. The highest BCUT2D eigenvalue weighted by molar-refractivity contribution is 7.79. The van der Waals surface area contributed by atoms with E-state index in [1.54, 1.807) is 12.1 Å². The third-order valence-electron chi connectivity index (χ3n) is 2.71. The number of nitriles is 1. The summed E-state index contributed by atoms with van der Waals surface area (Å²) in [5.41, 5.74) is 2.30. The maximum absolute atomic E-state index is 11.3. The molecule has 0 aliphatic carbocycles. The van der Waals surface area contributed by atoms with E-state index in [0.29, 0.717) is 5.02 Å². The van der Waals surface area contributed by atoms with Gasteiger partial charge in [0, 0.05) is 10.9 Å². The van der Waals surface area contributed by atoms with Crippen LogP contribution in [-0.2, 0) is 21.7 Å². The normalized spacial score (nSPS) is 12.3. The van der Waals surface area contributed by atoms with Gasteiger partial charge in [-0.05, 0) is 19.1 Å². The van der Waals surface area contributed by atoms with E-state index in [1.807, 2.05) is 13.0 Å². The summed E-state index contributed by atoms with van der Waals surface area (Å²) >= 11 is 4.38. The number of nitrogens with zero attached hydrogens (tertiary/aromatic N) is 2. The molecule has 0 radical (unpaired) electrons. The fraction of sp³-hybridized carbons (Fsp3) is 0.250. The van der Waals surface area contributed by atoms with Gasteiger partial charge in [0.2, 0.25) is 0 Å². The van der Waals surface area contributed by atoms with Gasteiger partial charge >= 0.3 is 0 Å². The molecule has 0 bridgehead atoms. The lowest BCUT2D eigenvalue weighted by Gasteiger charge is -2.01. The van der Waals surface area contributed by atoms with Crippen LogP contribution in [0.4, 0.5) is 0 Å². The monoisotopic (exact) mass is 283 g/mol. The Morgan fingerprint density at radius 1 is 1.56 bits per heavy atom. The Kier molecular flexibility index (Phi) is 3.60. The van der Waals surface area contributed by atoms with Crippen LogP contribution < -0.4 is 4.28 Å². The van der Waals surface area contributed by atoms with Crippen molar-refractivity contribution in [2.75, 3.05) is 6.26 Å². The fourth-order valence-corrected chi connectivity index (χ4v) is 2.70. The van der Waals surface area contributed by atoms with Gasteiger partial charge in [-0.3, -0.25) is 0 Å². The van der Waals surface area contributed by atoms with Gasteiger partial charge in [-0.25, -0.2) is 0 Å². The predicted octanol–water partition coefficient (Wildman–Crippen LogP) is 2.34.